The van der Waals surface area contributed by atoms with Crippen molar-refractivity contribution in [3.63, 3.8) is 0 Å². The van der Waals surface area contributed by atoms with Gasteiger partial charge in [0.25, 0.3) is 0 Å². The van der Waals surface area contributed by atoms with Gasteiger partial charge < -0.3 is 0 Å². The summed E-state index contributed by atoms with van der Waals surface area (Å²) in [6.45, 7) is 0. The van der Waals surface area contributed by atoms with E-state index in [1.807, 2.05) is 0 Å². The van der Waals surface area contributed by atoms with E-state index in [4.69, 9.17) is 0 Å². The van der Waals surface area contributed by atoms with E-state index in [0.29, 0.717) is 11.6 Å². The Morgan fingerprint density at radius 2 is 2.38 bits per heavy atom. The van der Waals surface area contributed by atoms with Gasteiger partial charge >= 0.3 is 0 Å². The predicted octanol–water partition coefficient (Wildman–Crippen LogP) is 0.561. The lowest BCUT2D eigenvalue weighted by Gasteiger charge is -2.03. The molecule has 13 heavy (non-hydrogen) atoms. The number of aromatic nitrogens is 2. The smallest absolute Gasteiger partial charge is 0.233 e. The highest BCUT2D eigenvalue weighted by atomic mass is 32.2. The van der Waals surface area contributed by atoms with Crippen LogP contribution in [0.2, 0.25) is 0 Å². The first-order chi connectivity index (χ1) is 6.16. The topological polar surface area (TPSA) is 74.8 Å². The fourth-order valence-corrected chi connectivity index (χ4v) is 2.63. The van der Waals surface area contributed by atoms with Gasteiger partial charge in [0, 0.05) is 6.20 Å². The standard InChI is InChI=1S/C7H11N3O2S/c11-13(12,5-6-1-2-6)10-7-3-8-9-4-7/h3-4,6,10H,1-2,5H2,(H,8,9). The van der Waals surface area contributed by atoms with Crippen LogP contribution in [0.3, 0.4) is 0 Å². The highest BCUT2D eigenvalue weighted by Gasteiger charge is 2.27. The summed E-state index contributed by atoms with van der Waals surface area (Å²) in [5, 5.41) is 6.19. The Morgan fingerprint density at radius 1 is 1.62 bits per heavy atom. The van der Waals surface area contributed by atoms with Crippen molar-refractivity contribution in [2.75, 3.05) is 10.5 Å². The van der Waals surface area contributed by atoms with Crippen molar-refractivity contribution in [1.29, 1.82) is 0 Å². The van der Waals surface area contributed by atoms with Gasteiger partial charge in [0.05, 0.1) is 17.6 Å². The molecule has 5 nitrogen and oxygen atoms in total. The Hall–Kier alpha value is -1.04. The van der Waals surface area contributed by atoms with Crippen LogP contribution < -0.4 is 4.72 Å². The molecule has 2 rings (SSSR count). The average Bonchev–Trinajstić information content (AvgIpc) is 2.64. The molecule has 1 heterocycles. The van der Waals surface area contributed by atoms with Gasteiger partial charge in [0.2, 0.25) is 10.0 Å². The number of rotatable bonds is 4. The normalized spacial score (nSPS) is 17.2. The number of nitrogens with one attached hydrogen (secondary N) is 2. The first-order valence-corrected chi connectivity index (χ1v) is 5.80. The number of sulfonamides is 1. The molecule has 1 aromatic heterocycles. The van der Waals surface area contributed by atoms with Crippen LogP contribution >= 0.6 is 0 Å². The van der Waals surface area contributed by atoms with E-state index in [0.717, 1.165) is 12.8 Å². The van der Waals surface area contributed by atoms with E-state index >= 15 is 0 Å². The van der Waals surface area contributed by atoms with E-state index in [1.54, 1.807) is 0 Å². The zero-order valence-electron chi connectivity index (χ0n) is 7.03. The molecular formula is C7H11N3O2S. The van der Waals surface area contributed by atoms with E-state index in [-0.39, 0.29) is 5.75 Å². The number of aromatic amines is 1. The van der Waals surface area contributed by atoms with Crippen molar-refractivity contribution in [2.24, 2.45) is 5.92 Å². The quantitative estimate of drug-likeness (QED) is 0.747. The second-order valence-electron chi connectivity index (χ2n) is 3.31. The molecule has 0 radical (unpaired) electrons. The summed E-state index contributed by atoms with van der Waals surface area (Å²) in [7, 11) is -3.15. The Labute approximate surface area is 76.6 Å². The molecule has 0 bridgehead atoms. The van der Waals surface area contributed by atoms with Gasteiger partial charge in [-0.05, 0) is 18.8 Å². The van der Waals surface area contributed by atoms with E-state index in [1.165, 1.54) is 12.4 Å². The highest BCUT2D eigenvalue weighted by molar-refractivity contribution is 7.92. The van der Waals surface area contributed by atoms with Crippen LogP contribution in [0.4, 0.5) is 5.69 Å². The summed E-state index contributed by atoms with van der Waals surface area (Å²) in [4.78, 5) is 0. The predicted molar refractivity (Wildman–Crippen MR) is 48.7 cm³/mol. The average molecular weight is 201 g/mol. The summed E-state index contributed by atoms with van der Waals surface area (Å²) in [5.41, 5.74) is 0.501. The molecule has 1 aliphatic carbocycles. The Kier molecular flexibility index (Phi) is 1.99. The summed E-state index contributed by atoms with van der Waals surface area (Å²) < 4.78 is 25.2. The van der Waals surface area contributed by atoms with Gasteiger partial charge in [-0.15, -0.1) is 0 Å². The highest BCUT2D eigenvalue weighted by Crippen LogP contribution is 2.30. The van der Waals surface area contributed by atoms with Crippen molar-refractivity contribution in [3.8, 4) is 0 Å². The third kappa shape index (κ3) is 2.45. The molecule has 1 saturated carbocycles. The first-order valence-electron chi connectivity index (χ1n) is 4.15. The monoisotopic (exact) mass is 201 g/mol. The molecule has 2 N–H and O–H groups in total. The number of hydrogen-bond donors (Lipinski definition) is 2. The molecule has 6 heteroatoms. The molecule has 0 aromatic carbocycles. The molecule has 0 spiro atoms. The van der Waals surface area contributed by atoms with Gasteiger partial charge in [0.15, 0.2) is 0 Å². The van der Waals surface area contributed by atoms with Crippen molar-refractivity contribution >= 4 is 15.7 Å². The SMILES string of the molecule is O=S(=O)(CC1CC1)Nc1cn[nH]c1. The van der Waals surface area contributed by atoms with Crippen LogP contribution in [-0.2, 0) is 10.0 Å². The minimum Gasteiger partial charge on any atom is -0.284 e. The number of anilines is 1. The molecule has 72 valence electrons. The fourth-order valence-electron chi connectivity index (χ4n) is 1.12. The van der Waals surface area contributed by atoms with Crippen molar-refractivity contribution in [3.05, 3.63) is 12.4 Å². The van der Waals surface area contributed by atoms with Crippen molar-refractivity contribution in [1.82, 2.24) is 10.2 Å². The number of nitrogens with zero attached hydrogens (tertiary/aromatic N) is 1. The van der Waals surface area contributed by atoms with Crippen LogP contribution in [-0.4, -0.2) is 24.4 Å². The van der Waals surface area contributed by atoms with E-state index in [2.05, 4.69) is 14.9 Å². The van der Waals surface area contributed by atoms with E-state index < -0.39 is 10.0 Å². The maximum absolute atomic E-state index is 11.4. The van der Waals surface area contributed by atoms with Crippen LogP contribution in [0.5, 0.6) is 0 Å². The second-order valence-corrected chi connectivity index (χ2v) is 5.08. The van der Waals surface area contributed by atoms with Gasteiger partial charge in [-0.25, -0.2) is 8.42 Å². The third-order valence-corrected chi connectivity index (χ3v) is 3.38. The fraction of sp³-hybridized carbons (Fsp3) is 0.571. The van der Waals surface area contributed by atoms with Crippen LogP contribution in [0.25, 0.3) is 0 Å². The molecule has 1 aromatic rings. The van der Waals surface area contributed by atoms with Gasteiger partial charge in [-0.2, -0.15) is 5.10 Å². The molecule has 0 unspecified atom stereocenters. The van der Waals surface area contributed by atoms with Crippen molar-refractivity contribution in [2.45, 2.75) is 12.8 Å². The first kappa shape index (κ1) is 8.55. The minimum atomic E-state index is -3.15. The Balaban J connectivity index is 1.99. The molecule has 0 saturated heterocycles. The lowest BCUT2D eigenvalue weighted by Crippen LogP contribution is -2.17. The summed E-state index contributed by atoms with van der Waals surface area (Å²) in [6, 6.07) is 0. The lowest BCUT2D eigenvalue weighted by molar-refractivity contribution is 0.597. The molecule has 0 aliphatic heterocycles. The second kappa shape index (κ2) is 3.02. The van der Waals surface area contributed by atoms with Crippen molar-refractivity contribution < 1.29 is 8.42 Å². The lowest BCUT2D eigenvalue weighted by atomic mass is 10.5. The molecule has 1 fully saturated rings. The number of hydrogen-bond acceptors (Lipinski definition) is 3. The van der Waals surface area contributed by atoms with Crippen LogP contribution in [0, 0.1) is 5.92 Å². The Bertz CT molecular complexity index is 366. The van der Waals surface area contributed by atoms with Crippen LogP contribution in [0.1, 0.15) is 12.8 Å². The summed E-state index contributed by atoms with van der Waals surface area (Å²) in [6.07, 6.45) is 5.04. The molecular weight excluding hydrogens is 190 g/mol. The number of H-pyrrole nitrogens is 1. The summed E-state index contributed by atoms with van der Waals surface area (Å²) in [5.74, 6) is 0.599. The van der Waals surface area contributed by atoms with Gasteiger partial charge in [0.1, 0.15) is 0 Å². The van der Waals surface area contributed by atoms with E-state index in [9.17, 15) is 8.42 Å². The maximum atomic E-state index is 11.4. The largest absolute Gasteiger partial charge is 0.284 e. The Morgan fingerprint density at radius 3 is 2.92 bits per heavy atom. The van der Waals surface area contributed by atoms with Crippen LogP contribution in [0.15, 0.2) is 12.4 Å². The zero-order chi connectivity index (χ0) is 9.31. The third-order valence-electron chi connectivity index (χ3n) is 1.92. The van der Waals surface area contributed by atoms with Gasteiger partial charge in [-0.1, -0.05) is 0 Å². The molecule has 0 atom stereocenters. The molecule has 1 aliphatic rings. The zero-order valence-corrected chi connectivity index (χ0v) is 7.84. The maximum Gasteiger partial charge on any atom is 0.233 e. The minimum absolute atomic E-state index is 0.234. The van der Waals surface area contributed by atoms with Gasteiger partial charge in [-0.3, -0.25) is 9.82 Å². The molecule has 0 amide bonds. The summed E-state index contributed by atoms with van der Waals surface area (Å²) >= 11 is 0.